The van der Waals surface area contributed by atoms with Crippen molar-refractivity contribution in [2.75, 3.05) is 12.4 Å². The quantitative estimate of drug-likeness (QED) is 0.853. The van der Waals surface area contributed by atoms with Crippen molar-refractivity contribution in [1.29, 1.82) is 0 Å². The molecule has 22 heavy (non-hydrogen) atoms. The molecular formula is C16H17FN2O3. The van der Waals surface area contributed by atoms with Crippen LogP contribution in [0.5, 0.6) is 0 Å². The second kappa shape index (κ2) is 6.43. The van der Waals surface area contributed by atoms with Crippen molar-refractivity contribution in [2.45, 2.75) is 20.3 Å². The van der Waals surface area contributed by atoms with E-state index in [4.69, 9.17) is 4.74 Å². The number of hydrogen-bond donors (Lipinski definition) is 2. The van der Waals surface area contributed by atoms with E-state index in [0.29, 0.717) is 34.6 Å². The first-order valence-corrected chi connectivity index (χ1v) is 6.84. The molecule has 0 aliphatic carbocycles. The number of aromatic amines is 1. The molecule has 0 radical (unpaired) electrons. The second-order valence-corrected chi connectivity index (χ2v) is 4.78. The molecule has 2 N–H and O–H groups in total. The molecule has 0 saturated carbocycles. The van der Waals surface area contributed by atoms with Crippen LogP contribution in [0.4, 0.5) is 10.1 Å². The van der Waals surface area contributed by atoms with Gasteiger partial charge in [0.05, 0.1) is 12.7 Å². The molecule has 116 valence electrons. The van der Waals surface area contributed by atoms with Crippen LogP contribution in [0.3, 0.4) is 0 Å². The Labute approximate surface area is 127 Å². The van der Waals surface area contributed by atoms with E-state index in [0.717, 1.165) is 0 Å². The summed E-state index contributed by atoms with van der Waals surface area (Å²) in [5.74, 6) is -1.25. The Hall–Kier alpha value is -2.63. The number of rotatable bonds is 4. The lowest BCUT2D eigenvalue weighted by atomic mass is 10.1. The van der Waals surface area contributed by atoms with Crippen LogP contribution < -0.4 is 5.32 Å². The molecule has 0 aliphatic heterocycles. The fraction of sp³-hybridized carbons (Fsp3) is 0.250. The maximum Gasteiger partial charge on any atom is 0.339 e. The van der Waals surface area contributed by atoms with Crippen molar-refractivity contribution < 1.29 is 18.7 Å². The highest BCUT2D eigenvalue weighted by molar-refractivity contribution is 6.06. The zero-order valence-electron chi connectivity index (χ0n) is 12.6. The first-order valence-electron chi connectivity index (χ1n) is 6.84. The minimum absolute atomic E-state index is 0.293. The van der Waals surface area contributed by atoms with Crippen LogP contribution >= 0.6 is 0 Å². The fourth-order valence-corrected chi connectivity index (χ4v) is 2.26. The number of methoxy groups -OCH3 is 1. The Morgan fingerprint density at radius 3 is 2.45 bits per heavy atom. The largest absolute Gasteiger partial charge is 0.465 e. The number of anilines is 1. The smallest absolute Gasteiger partial charge is 0.339 e. The number of carbonyl (C=O) groups is 2. The molecule has 0 aliphatic rings. The molecule has 1 heterocycles. The third-order valence-electron chi connectivity index (χ3n) is 3.40. The summed E-state index contributed by atoms with van der Waals surface area (Å²) in [4.78, 5) is 27.1. The average molecular weight is 304 g/mol. The normalized spacial score (nSPS) is 10.4. The Kier molecular flexibility index (Phi) is 4.60. The number of ether oxygens (including phenoxy) is 1. The third kappa shape index (κ3) is 3.00. The number of H-pyrrole nitrogens is 1. The van der Waals surface area contributed by atoms with Gasteiger partial charge in [0.25, 0.3) is 5.91 Å². The van der Waals surface area contributed by atoms with Gasteiger partial charge in [0.2, 0.25) is 0 Å². The average Bonchev–Trinajstić information content (AvgIpc) is 2.85. The number of nitrogens with one attached hydrogen (secondary N) is 2. The van der Waals surface area contributed by atoms with Gasteiger partial charge in [0, 0.05) is 11.4 Å². The standard InChI is InChI=1S/C16H17FN2O3/c1-4-12-13(16(21)22-3)9(2)14(19-12)15(20)18-11-7-5-10(17)6-8-11/h5-8,19H,4H2,1-3H3,(H,18,20). The molecular weight excluding hydrogens is 287 g/mol. The van der Waals surface area contributed by atoms with Crippen LogP contribution in [0, 0.1) is 12.7 Å². The number of hydrogen-bond acceptors (Lipinski definition) is 3. The predicted octanol–water partition coefficient (Wildman–Crippen LogP) is 3.06. The highest BCUT2D eigenvalue weighted by Gasteiger charge is 2.23. The van der Waals surface area contributed by atoms with Gasteiger partial charge in [-0.15, -0.1) is 0 Å². The van der Waals surface area contributed by atoms with E-state index in [9.17, 15) is 14.0 Å². The Morgan fingerprint density at radius 1 is 1.27 bits per heavy atom. The molecule has 0 atom stereocenters. The van der Waals surface area contributed by atoms with Crippen molar-refractivity contribution in [3.05, 3.63) is 52.6 Å². The second-order valence-electron chi connectivity index (χ2n) is 4.78. The Bertz CT molecular complexity index is 705. The SMILES string of the molecule is CCc1[nH]c(C(=O)Nc2ccc(F)cc2)c(C)c1C(=O)OC. The number of aromatic nitrogens is 1. The molecule has 2 rings (SSSR count). The Morgan fingerprint density at radius 2 is 1.91 bits per heavy atom. The van der Waals surface area contributed by atoms with Crippen molar-refractivity contribution >= 4 is 17.6 Å². The summed E-state index contributed by atoms with van der Waals surface area (Å²) >= 11 is 0. The number of halogens is 1. The van der Waals surface area contributed by atoms with Crippen molar-refractivity contribution in [1.82, 2.24) is 4.98 Å². The number of esters is 1. The number of aryl methyl sites for hydroxylation is 1. The van der Waals surface area contributed by atoms with Gasteiger partial charge in [-0.2, -0.15) is 0 Å². The first-order chi connectivity index (χ1) is 10.5. The highest BCUT2D eigenvalue weighted by atomic mass is 19.1. The molecule has 0 bridgehead atoms. The lowest BCUT2D eigenvalue weighted by Gasteiger charge is -2.05. The highest BCUT2D eigenvalue weighted by Crippen LogP contribution is 2.21. The molecule has 0 saturated heterocycles. The summed E-state index contributed by atoms with van der Waals surface area (Å²) < 4.78 is 17.6. The van der Waals surface area contributed by atoms with Gasteiger partial charge in [-0.25, -0.2) is 9.18 Å². The van der Waals surface area contributed by atoms with Crippen LogP contribution in [-0.2, 0) is 11.2 Å². The fourth-order valence-electron chi connectivity index (χ4n) is 2.26. The van der Waals surface area contributed by atoms with Crippen LogP contribution in [0.1, 0.15) is 39.0 Å². The predicted molar refractivity (Wildman–Crippen MR) is 80.6 cm³/mol. The summed E-state index contributed by atoms with van der Waals surface area (Å²) in [6.07, 6.45) is 0.565. The number of amides is 1. The van der Waals surface area contributed by atoms with E-state index in [1.165, 1.54) is 31.4 Å². The van der Waals surface area contributed by atoms with Crippen LogP contribution in [0.25, 0.3) is 0 Å². The third-order valence-corrected chi connectivity index (χ3v) is 3.40. The van der Waals surface area contributed by atoms with Gasteiger partial charge in [-0.05, 0) is 43.2 Å². The molecule has 1 amide bonds. The maximum absolute atomic E-state index is 12.9. The van der Waals surface area contributed by atoms with Crippen molar-refractivity contribution in [3.63, 3.8) is 0 Å². The lowest BCUT2D eigenvalue weighted by molar-refractivity contribution is 0.0599. The van der Waals surface area contributed by atoms with Gasteiger partial charge >= 0.3 is 5.97 Å². The zero-order valence-corrected chi connectivity index (χ0v) is 12.6. The van der Waals surface area contributed by atoms with E-state index in [1.54, 1.807) is 6.92 Å². The van der Waals surface area contributed by atoms with Crippen LogP contribution in [-0.4, -0.2) is 24.0 Å². The summed E-state index contributed by atoms with van der Waals surface area (Å²) in [7, 11) is 1.30. The first kappa shape index (κ1) is 15.8. The zero-order chi connectivity index (χ0) is 16.3. The molecule has 6 heteroatoms. The maximum atomic E-state index is 12.9. The summed E-state index contributed by atoms with van der Waals surface area (Å²) in [6, 6.07) is 5.45. The molecule has 1 aromatic heterocycles. The topological polar surface area (TPSA) is 71.2 Å². The van der Waals surface area contributed by atoms with Gasteiger partial charge in [0.1, 0.15) is 11.5 Å². The van der Waals surface area contributed by atoms with Gasteiger partial charge < -0.3 is 15.0 Å². The summed E-state index contributed by atoms with van der Waals surface area (Å²) in [6.45, 7) is 3.56. The van der Waals surface area contributed by atoms with Gasteiger partial charge in [0.15, 0.2) is 0 Å². The number of carbonyl (C=O) groups excluding carboxylic acids is 2. The Balaban J connectivity index is 2.32. The minimum atomic E-state index is -0.480. The van der Waals surface area contributed by atoms with Crippen LogP contribution in [0.15, 0.2) is 24.3 Å². The van der Waals surface area contributed by atoms with Gasteiger partial charge in [-0.1, -0.05) is 6.92 Å². The molecule has 2 aromatic rings. The van der Waals surface area contributed by atoms with Crippen molar-refractivity contribution in [2.24, 2.45) is 0 Å². The van der Waals surface area contributed by atoms with Gasteiger partial charge in [-0.3, -0.25) is 4.79 Å². The molecule has 0 unspecified atom stereocenters. The van der Waals surface area contributed by atoms with Crippen molar-refractivity contribution in [3.8, 4) is 0 Å². The molecule has 0 fully saturated rings. The monoisotopic (exact) mass is 304 g/mol. The van der Waals surface area contributed by atoms with E-state index in [2.05, 4.69) is 10.3 Å². The molecule has 5 nitrogen and oxygen atoms in total. The van der Waals surface area contributed by atoms with E-state index >= 15 is 0 Å². The minimum Gasteiger partial charge on any atom is -0.465 e. The lowest BCUT2D eigenvalue weighted by Crippen LogP contribution is -2.14. The van der Waals surface area contributed by atoms with E-state index < -0.39 is 11.9 Å². The molecule has 1 aromatic carbocycles. The summed E-state index contributed by atoms with van der Waals surface area (Å²) in [5.41, 5.74) is 2.32. The number of benzene rings is 1. The molecule has 0 spiro atoms. The summed E-state index contributed by atoms with van der Waals surface area (Å²) in [5, 5.41) is 2.66. The van der Waals surface area contributed by atoms with E-state index in [1.807, 2.05) is 6.92 Å². The van der Waals surface area contributed by atoms with Crippen LogP contribution in [0.2, 0.25) is 0 Å². The van der Waals surface area contributed by atoms with E-state index in [-0.39, 0.29) is 5.82 Å².